The molecule has 0 aliphatic carbocycles. The Hall–Kier alpha value is 1.42. The van der Waals surface area contributed by atoms with Crippen LogP contribution in [0.25, 0.3) is 0 Å². The second-order valence-corrected chi connectivity index (χ2v) is 0.525. The molecular weight excluding hydrogens is 178 g/mol. The van der Waals surface area contributed by atoms with Crippen LogP contribution in [0.4, 0.5) is 0 Å². The zero-order valence-corrected chi connectivity index (χ0v) is 5.63. The van der Waals surface area contributed by atoms with Crippen molar-refractivity contribution in [3.63, 3.8) is 0 Å². The first-order valence-electron chi connectivity index (χ1n) is 0.309. The molecule has 0 unspecified atom stereocenters. The normalized spacial score (nSPS) is 4.50. The first kappa shape index (κ1) is 9.05. The van der Waals surface area contributed by atoms with Crippen molar-refractivity contribution in [3.05, 3.63) is 0 Å². The molecule has 4 heteroatoms. The van der Waals surface area contributed by atoms with Gasteiger partial charge in [-0.2, -0.15) is 3.84 Å². The van der Waals surface area contributed by atoms with Crippen molar-refractivity contribution < 1.29 is 30.0 Å². The van der Waals surface area contributed by atoms with E-state index in [-0.39, 0.29) is 26.2 Å². The molecule has 4 heavy (non-hydrogen) atoms. The Morgan fingerprint density at radius 2 is 1.25 bits per heavy atom. The third kappa shape index (κ3) is 9.92. The number of rotatable bonds is 0. The van der Waals surface area contributed by atoms with Gasteiger partial charge >= 0.3 is 0 Å². The standard InChI is InChI=1S/Cl2O.Zr/c1-3-2;. The number of hydrogen-bond donors (Lipinski definition) is 0. The smallest absolute Gasteiger partial charge is 0.0832 e. The van der Waals surface area contributed by atoms with Crippen LogP contribution < -0.4 is 0 Å². The van der Waals surface area contributed by atoms with Crippen molar-refractivity contribution in [1.29, 1.82) is 0 Å². The van der Waals surface area contributed by atoms with Crippen LogP contribution in [0, 0.1) is 0 Å². The zero-order valence-electron chi connectivity index (χ0n) is 1.66. The molecule has 1 nitrogen and oxygen atoms in total. The number of halogens is 2. The summed E-state index contributed by atoms with van der Waals surface area (Å²) < 4.78 is 3.19. The molecule has 0 spiro atoms. The Balaban J connectivity index is 0. The van der Waals surface area contributed by atoms with Crippen LogP contribution in [-0.2, 0) is 30.0 Å². The van der Waals surface area contributed by atoms with Gasteiger partial charge in [0.05, 0.1) is 23.7 Å². The molecule has 0 rings (SSSR count). The second-order valence-electron chi connectivity index (χ2n) is 0.0583. The van der Waals surface area contributed by atoms with Gasteiger partial charge in [0, 0.05) is 26.2 Å². The predicted molar refractivity (Wildman–Crippen MR) is 12.8 cm³/mol. The molecule has 0 aromatic rings. The van der Waals surface area contributed by atoms with E-state index in [0.717, 1.165) is 0 Å². The van der Waals surface area contributed by atoms with Crippen LogP contribution in [0.3, 0.4) is 0 Å². The van der Waals surface area contributed by atoms with Crippen LogP contribution in [-0.4, -0.2) is 0 Å². The monoisotopic (exact) mass is 176 g/mol. The van der Waals surface area contributed by atoms with E-state index in [1.165, 1.54) is 0 Å². The van der Waals surface area contributed by atoms with Crippen LogP contribution in [0.15, 0.2) is 0 Å². The van der Waals surface area contributed by atoms with Gasteiger partial charge in [0.25, 0.3) is 0 Å². The fraction of sp³-hybridized carbons (Fsp3) is 0. The fourth-order valence-electron chi connectivity index (χ4n) is 0. The minimum atomic E-state index is 0. The molecule has 0 saturated carbocycles. The molecule has 24 valence electrons. The fourth-order valence-corrected chi connectivity index (χ4v) is 0. The molecule has 0 N–H and O–H groups in total. The molecule has 0 heterocycles. The van der Waals surface area contributed by atoms with Crippen molar-refractivity contribution in [2.75, 3.05) is 0 Å². The maximum absolute atomic E-state index is 4.26. The van der Waals surface area contributed by atoms with E-state index in [9.17, 15) is 0 Å². The largest absolute Gasteiger partial charge is 0.166 e. The van der Waals surface area contributed by atoms with Crippen LogP contribution >= 0.6 is 23.7 Å². The molecule has 0 radical (unpaired) electrons. The van der Waals surface area contributed by atoms with Gasteiger partial charge in [-0.15, -0.1) is 0 Å². The van der Waals surface area contributed by atoms with Crippen molar-refractivity contribution >= 4 is 23.7 Å². The second kappa shape index (κ2) is 8.83. The maximum Gasteiger partial charge on any atom is 0.0832 e. The van der Waals surface area contributed by atoms with Crippen LogP contribution in [0.5, 0.6) is 0 Å². The van der Waals surface area contributed by atoms with Gasteiger partial charge in [-0.05, 0) is 0 Å². The first-order valence-corrected chi connectivity index (χ1v) is 0.926. The van der Waals surface area contributed by atoms with Crippen molar-refractivity contribution in [3.8, 4) is 0 Å². The van der Waals surface area contributed by atoms with E-state index < -0.39 is 0 Å². The summed E-state index contributed by atoms with van der Waals surface area (Å²) in [6.45, 7) is 0. The molecule has 0 aromatic carbocycles. The van der Waals surface area contributed by atoms with Gasteiger partial charge in [-0.1, -0.05) is 0 Å². The van der Waals surface area contributed by atoms with Crippen molar-refractivity contribution in [2.45, 2.75) is 0 Å². The molecule has 0 aliphatic rings. The summed E-state index contributed by atoms with van der Waals surface area (Å²) in [6.07, 6.45) is 0. The van der Waals surface area contributed by atoms with E-state index in [4.69, 9.17) is 0 Å². The van der Waals surface area contributed by atoms with Crippen molar-refractivity contribution in [1.82, 2.24) is 0 Å². The average molecular weight is 178 g/mol. The van der Waals surface area contributed by atoms with E-state index in [2.05, 4.69) is 27.6 Å². The van der Waals surface area contributed by atoms with Crippen LogP contribution in [0.2, 0.25) is 0 Å². The summed E-state index contributed by atoms with van der Waals surface area (Å²) in [5, 5.41) is 0. The van der Waals surface area contributed by atoms with Gasteiger partial charge in [0.1, 0.15) is 0 Å². The topological polar surface area (TPSA) is 9.23 Å². The van der Waals surface area contributed by atoms with Gasteiger partial charge in [0.15, 0.2) is 0 Å². The molecule has 0 fully saturated rings. The summed E-state index contributed by atoms with van der Waals surface area (Å²) in [7, 11) is 0. The Bertz CT molecular complexity index is 6.00. The Labute approximate surface area is 53.7 Å². The van der Waals surface area contributed by atoms with Crippen molar-refractivity contribution in [2.24, 2.45) is 0 Å². The Kier molecular flexibility index (Phi) is 20.0. The van der Waals surface area contributed by atoms with E-state index >= 15 is 0 Å². The minimum absolute atomic E-state index is 0. The summed E-state index contributed by atoms with van der Waals surface area (Å²) >= 11 is 8.53. The number of hydrogen-bond acceptors (Lipinski definition) is 1. The van der Waals surface area contributed by atoms with Gasteiger partial charge in [0.2, 0.25) is 0 Å². The maximum atomic E-state index is 4.26. The van der Waals surface area contributed by atoms with Gasteiger partial charge < -0.3 is 0 Å². The van der Waals surface area contributed by atoms with E-state index in [0.29, 0.717) is 0 Å². The molecule has 0 aromatic heterocycles. The predicted octanol–water partition coefficient (Wildman–Crippen LogP) is 1.31. The molecular formula is Cl2OZr. The Morgan fingerprint density at radius 1 is 1.25 bits per heavy atom. The molecule has 0 bridgehead atoms. The minimum Gasteiger partial charge on any atom is -0.166 e. The zero-order chi connectivity index (χ0) is 2.71. The van der Waals surface area contributed by atoms with Gasteiger partial charge in [-0.3, -0.25) is 0 Å². The molecule has 0 atom stereocenters. The van der Waals surface area contributed by atoms with E-state index in [1.54, 1.807) is 0 Å². The molecule has 0 aliphatic heterocycles. The quantitative estimate of drug-likeness (QED) is 0.543. The third-order valence-corrected chi connectivity index (χ3v) is 0. The van der Waals surface area contributed by atoms with Crippen LogP contribution in [0.1, 0.15) is 0 Å². The molecule has 0 saturated heterocycles. The average Bonchev–Trinajstić information content (AvgIpc) is 0.918. The van der Waals surface area contributed by atoms with Gasteiger partial charge in [-0.25, -0.2) is 0 Å². The summed E-state index contributed by atoms with van der Waals surface area (Å²) in [5.41, 5.74) is 0. The Morgan fingerprint density at radius 3 is 1.25 bits per heavy atom. The third-order valence-electron chi connectivity index (χ3n) is 0. The SMILES string of the molecule is ClOCl.[Zr]. The summed E-state index contributed by atoms with van der Waals surface area (Å²) in [5.74, 6) is 0. The summed E-state index contributed by atoms with van der Waals surface area (Å²) in [6, 6.07) is 0. The molecule has 0 amide bonds. The summed E-state index contributed by atoms with van der Waals surface area (Å²) in [4.78, 5) is 0. The van der Waals surface area contributed by atoms with E-state index in [1.807, 2.05) is 0 Å². The first-order chi connectivity index (χ1) is 1.41.